The lowest BCUT2D eigenvalue weighted by Crippen LogP contribution is -2.10. The van der Waals surface area contributed by atoms with Gasteiger partial charge in [-0.2, -0.15) is 0 Å². The van der Waals surface area contributed by atoms with Crippen LogP contribution in [0.5, 0.6) is 11.5 Å². The second kappa shape index (κ2) is 8.59. The molecule has 0 amide bonds. The lowest BCUT2D eigenvalue weighted by Gasteiger charge is -2.13. The molecule has 0 saturated heterocycles. The molecule has 2 rings (SSSR count). The molecule has 0 fully saturated rings. The molecule has 0 aliphatic heterocycles. The molecule has 5 nitrogen and oxygen atoms in total. The maximum atomic E-state index is 11.8. The van der Waals surface area contributed by atoms with E-state index in [9.17, 15) is 9.46 Å². The monoisotopic (exact) mass is 322 g/mol. The second-order valence-corrected chi connectivity index (χ2v) is 6.50. The normalized spacial score (nSPS) is 13.3. The summed E-state index contributed by atoms with van der Waals surface area (Å²) in [5.41, 5.74) is 0. The van der Waals surface area contributed by atoms with Crippen molar-refractivity contribution >= 4 is 7.60 Å². The van der Waals surface area contributed by atoms with Gasteiger partial charge in [-0.1, -0.05) is 36.4 Å². The van der Waals surface area contributed by atoms with Gasteiger partial charge in [0, 0.05) is 0 Å². The van der Waals surface area contributed by atoms with Gasteiger partial charge in [-0.3, -0.25) is 4.57 Å². The Hall–Kier alpha value is -1.81. The van der Waals surface area contributed by atoms with Crippen molar-refractivity contribution in [2.45, 2.75) is 0 Å². The van der Waals surface area contributed by atoms with E-state index in [1.165, 1.54) is 0 Å². The van der Waals surface area contributed by atoms with Crippen LogP contribution in [0.2, 0.25) is 0 Å². The molecule has 22 heavy (non-hydrogen) atoms. The summed E-state index contributed by atoms with van der Waals surface area (Å²) in [6, 6.07) is 18.3. The highest BCUT2D eigenvalue weighted by Gasteiger charge is 2.19. The minimum Gasteiger partial charge on any atom is -0.493 e. The fourth-order valence-electron chi connectivity index (χ4n) is 1.72. The summed E-state index contributed by atoms with van der Waals surface area (Å²) in [6.45, 7) is 0.388. The van der Waals surface area contributed by atoms with Crippen LogP contribution in [0.25, 0.3) is 0 Å². The molecule has 1 N–H and O–H groups in total. The van der Waals surface area contributed by atoms with Gasteiger partial charge in [-0.25, -0.2) is 0 Å². The van der Waals surface area contributed by atoms with E-state index in [0.717, 1.165) is 0 Å². The summed E-state index contributed by atoms with van der Waals surface area (Å²) < 4.78 is 27.6. The van der Waals surface area contributed by atoms with Crippen LogP contribution in [-0.4, -0.2) is 30.9 Å². The Balaban J connectivity index is 1.62. The number of rotatable bonds is 9. The molecule has 0 bridgehead atoms. The van der Waals surface area contributed by atoms with Crippen LogP contribution in [-0.2, 0) is 9.09 Å². The highest BCUT2D eigenvalue weighted by Crippen LogP contribution is 2.41. The first-order valence-electron chi connectivity index (χ1n) is 6.98. The molecule has 6 heteroatoms. The molecule has 2 aromatic rings. The van der Waals surface area contributed by atoms with E-state index < -0.39 is 7.60 Å². The predicted octanol–water partition coefficient (Wildman–Crippen LogP) is 3.35. The van der Waals surface area contributed by atoms with Gasteiger partial charge in [-0.15, -0.1) is 0 Å². The van der Waals surface area contributed by atoms with Crippen molar-refractivity contribution in [3.63, 3.8) is 0 Å². The summed E-state index contributed by atoms with van der Waals surface area (Å²) in [5.74, 6) is 1.36. The minimum atomic E-state index is -3.66. The molecular weight excluding hydrogens is 303 g/mol. The Kier molecular flexibility index (Phi) is 6.46. The Bertz CT molecular complexity index is 588. The van der Waals surface area contributed by atoms with Crippen LogP contribution < -0.4 is 9.47 Å². The number of benzene rings is 2. The van der Waals surface area contributed by atoms with Crippen LogP contribution in [0.15, 0.2) is 60.7 Å². The van der Waals surface area contributed by atoms with Crippen molar-refractivity contribution in [2.24, 2.45) is 0 Å². The molecule has 0 saturated carbocycles. The lowest BCUT2D eigenvalue weighted by molar-refractivity contribution is 0.193. The first-order chi connectivity index (χ1) is 10.7. The van der Waals surface area contributed by atoms with Crippen LogP contribution in [0.4, 0.5) is 0 Å². The van der Waals surface area contributed by atoms with Crippen molar-refractivity contribution in [3.05, 3.63) is 60.7 Å². The van der Waals surface area contributed by atoms with Gasteiger partial charge in [0.2, 0.25) is 0 Å². The molecule has 0 radical (unpaired) electrons. The summed E-state index contributed by atoms with van der Waals surface area (Å²) in [7, 11) is -3.66. The van der Waals surface area contributed by atoms with Crippen molar-refractivity contribution in [1.82, 2.24) is 0 Å². The third-order valence-electron chi connectivity index (χ3n) is 2.77. The van der Waals surface area contributed by atoms with Gasteiger partial charge in [0.05, 0.1) is 19.4 Å². The van der Waals surface area contributed by atoms with E-state index in [4.69, 9.17) is 14.0 Å². The van der Waals surface area contributed by atoms with Gasteiger partial charge < -0.3 is 18.9 Å². The summed E-state index contributed by atoms with van der Waals surface area (Å²) >= 11 is 0. The lowest BCUT2D eigenvalue weighted by atomic mass is 10.3. The average molecular weight is 322 g/mol. The minimum absolute atomic E-state index is 0.0496. The first kappa shape index (κ1) is 16.6. The number of hydrogen-bond acceptors (Lipinski definition) is 4. The molecule has 0 aliphatic rings. The molecule has 0 aromatic heterocycles. The topological polar surface area (TPSA) is 65.0 Å². The molecular formula is C16H19O5P. The standard InChI is InChI=1S/C16H19O5P/c17-22(18,14-13-20-16-9-5-2-6-10-16)21-12-11-19-15-7-3-1-4-8-15/h1-10H,11-14H2,(H,17,18). The highest BCUT2D eigenvalue weighted by atomic mass is 31.2. The van der Waals surface area contributed by atoms with Crippen LogP contribution in [0.1, 0.15) is 0 Å². The zero-order valence-electron chi connectivity index (χ0n) is 12.1. The van der Waals surface area contributed by atoms with E-state index >= 15 is 0 Å². The molecule has 118 valence electrons. The van der Waals surface area contributed by atoms with Crippen LogP contribution >= 0.6 is 7.60 Å². The summed E-state index contributed by atoms with van der Waals surface area (Å²) in [6.07, 6.45) is -0.0623. The first-order valence-corrected chi connectivity index (χ1v) is 8.74. The molecule has 2 aromatic carbocycles. The van der Waals surface area contributed by atoms with Gasteiger partial charge in [0.25, 0.3) is 0 Å². The SMILES string of the molecule is O=P(O)(CCOc1ccccc1)OCCOc1ccccc1. The van der Waals surface area contributed by atoms with Crippen LogP contribution in [0.3, 0.4) is 0 Å². The number of ether oxygens (including phenoxy) is 2. The molecule has 0 heterocycles. The van der Waals surface area contributed by atoms with Gasteiger partial charge in [-0.05, 0) is 24.3 Å². The number of para-hydroxylation sites is 2. The highest BCUT2D eigenvalue weighted by molar-refractivity contribution is 7.52. The third-order valence-corrected chi connectivity index (χ3v) is 4.11. The quantitative estimate of drug-likeness (QED) is 0.566. The van der Waals surface area contributed by atoms with E-state index in [1.807, 2.05) is 48.5 Å². The maximum Gasteiger partial charge on any atom is 0.331 e. The predicted molar refractivity (Wildman–Crippen MR) is 84.5 cm³/mol. The van der Waals surface area contributed by atoms with Gasteiger partial charge in [0.1, 0.15) is 18.1 Å². The van der Waals surface area contributed by atoms with Crippen molar-refractivity contribution in [1.29, 1.82) is 0 Å². The Labute approximate surface area is 130 Å². The fraction of sp³-hybridized carbons (Fsp3) is 0.250. The number of hydrogen-bond donors (Lipinski definition) is 1. The van der Waals surface area contributed by atoms with Gasteiger partial charge >= 0.3 is 7.60 Å². The molecule has 0 spiro atoms. The summed E-state index contributed by atoms with van der Waals surface area (Å²) in [4.78, 5) is 9.69. The molecule has 1 unspecified atom stereocenters. The zero-order chi connectivity index (χ0) is 15.7. The largest absolute Gasteiger partial charge is 0.493 e. The zero-order valence-corrected chi connectivity index (χ0v) is 13.0. The average Bonchev–Trinajstić information content (AvgIpc) is 2.53. The maximum absolute atomic E-state index is 11.8. The third kappa shape index (κ3) is 6.31. The van der Waals surface area contributed by atoms with E-state index in [2.05, 4.69) is 0 Å². The molecule has 1 atom stereocenters. The van der Waals surface area contributed by atoms with Crippen molar-refractivity contribution in [2.75, 3.05) is 26.0 Å². The Morgan fingerprint density at radius 2 is 1.27 bits per heavy atom. The molecule has 0 aliphatic carbocycles. The Morgan fingerprint density at radius 3 is 1.82 bits per heavy atom. The van der Waals surface area contributed by atoms with Crippen molar-refractivity contribution in [3.8, 4) is 11.5 Å². The fourth-order valence-corrected chi connectivity index (χ4v) is 2.53. The summed E-state index contributed by atoms with van der Waals surface area (Å²) in [5, 5.41) is 0. The smallest absolute Gasteiger partial charge is 0.331 e. The Morgan fingerprint density at radius 1 is 0.773 bits per heavy atom. The van der Waals surface area contributed by atoms with Crippen LogP contribution in [0, 0.1) is 0 Å². The van der Waals surface area contributed by atoms with E-state index in [-0.39, 0.29) is 26.0 Å². The second-order valence-electron chi connectivity index (χ2n) is 4.52. The van der Waals surface area contributed by atoms with Gasteiger partial charge in [0.15, 0.2) is 0 Å². The van der Waals surface area contributed by atoms with Crippen molar-refractivity contribution < 1.29 is 23.5 Å². The van der Waals surface area contributed by atoms with E-state index in [1.54, 1.807) is 12.1 Å². The van der Waals surface area contributed by atoms with E-state index in [0.29, 0.717) is 11.5 Å².